The highest BCUT2D eigenvalue weighted by atomic mass is 32.2. The summed E-state index contributed by atoms with van der Waals surface area (Å²) >= 11 is 2.98. The lowest BCUT2D eigenvalue weighted by atomic mass is 10.2. The molecule has 5 nitrogen and oxygen atoms in total. The normalized spacial score (nSPS) is 15.8. The van der Waals surface area contributed by atoms with E-state index < -0.39 is 0 Å². The number of fused-ring (bicyclic) bond motifs is 3. The molecule has 0 saturated heterocycles. The minimum atomic E-state index is -0.0154. The number of thiophene rings is 1. The molecule has 0 atom stereocenters. The summed E-state index contributed by atoms with van der Waals surface area (Å²) in [5.74, 6) is 0.275. The quantitative estimate of drug-likeness (QED) is 0.515. The fraction of sp³-hybridized carbons (Fsp3) is 0.381. The molecule has 1 N–H and O–H groups in total. The largest absolute Gasteiger partial charge is 0.353 e. The van der Waals surface area contributed by atoms with Crippen molar-refractivity contribution >= 4 is 39.2 Å². The number of aromatic nitrogens is 2. The average Bonchev–Trinajstić information content (AvgIpc) is 3.24. The summed E-state index contributed by atoms with van der Waals surface area (Å²) in [6.45, 7) is 2.03. The molecule has 0 unspecified atom stereocenters. The van der Waals surface area contributed by atoms with Crippen molar-refractivity contribution in [2.75, 3.05) is 5.75 Å². The summed E-state index contributed by atoms with van der Waals surface area (Å²) in [6.07, 6.45) is 5.23. The number of rotatable bonds is 5. The van der Waals surface area contributed by atoms with Crippen LogP contribution in [-0.2, 0) is 17.6 Å². The van der Waals surface area contributed by atoms with E-state index in [9.17, 15) is 9.59 Å². The second-order valence-electron chi connectivity index (χ2n) is 7.54. The van der Waals surface area contributed by atoms with Crippen molar-refractivity contribution in [2.24, 2.45) is 0 Å². The van der Waals surface area contributed by atoms with Crippen LogP contribution in [0.4, 0.5) is 0 Å². The van der Waals surface area contributed by atoms with Gasteiger partial charge < -0.3 is 5.32 Å². The minimum absolute atomic E-state index is 0.00553. The van der Waals surface area contributed by atoms with Crippen LogP contribution in [0.5, 0.6) is 0 Å². The maximum atomic E-state index is 13.5. The summed E-state index contributed by atoms with van der Waals surface area (Å²) in [5, 5.41) is 4.36. The van der Waals surface area contributed by atoms with Gasteiger partial charge in [0, 0.05) is 10.9 Å². The van der Waals surface area contributed by atoms with E-state index in [2.05, 4.69) is 5.32 Å². The molecule has 1 amide bonds. The van der Waals surface area contributed by atoms with Gasteiger partial charge in [0.1, 0.15) is 4.83 Å². The van der Waals surface area contributed by atoms with Crippen LogP contribution in [0.2, 0.25) is 0 Å². The summed E-state index contributed by atoms with van der Waals surface area (Å²) in [4.78, 5) is 32.6. The van der Waals surface area contributed by atoms with Crippen molar-refractivity contribution in [3.63, 3.8) is 0 Å². The van der Waals surface area contributed by atoms with Crippen LogP contribution in [-0.4, -0.2) is 27.3 Å². The van der Waals surface area contributed by atoms with Crippen LogP contribution in [0.1, 0.15) is 35.3 Å². The molecule has 144 valence electrons. The van der Waals surface area contributed by atoms with E-state index in [1.807, 2.05) is 31.2 Å². The van der Waals surface area contributed by atoms with E-state index in [4.69, 9.17) is 4.98 Å². The molecule has 7 heteroatoms. The zero-order chi connectivity index (χ0) is 19.3. The second kappa shape index (κ2) is 7.04. The molecule has 0 radical (unpaired) electrons. The van der Waals surface area contributed by atoms with E-state index in [0.29, 0.717) is 11.2 Å². The Bertz CT molecular complexity index is 1130. The molecule has 2 heterocycles. The number of benzene rings is 1. The van der Waals surface area contributed by atoms with Gasteiger partial charge in [0.25, 0.3) is 5.56 Å². The molecule has 2 aliphatic carbocycles. The van der Waals surface area contributed by atoms with Crippen LogP contribution in [0.3, 0.4) is 0 Å². The molecular formula is C21H21N3O2S2. The third-order valence-electron chi connectivity index (χ3n) is 5.28. The molecule has 0 spiro atoms. The maximum absolute atomic E-state index is 13.5. The number of thioether (sulfide) groups is 1. The van der Waals surface area contributed by atoms with Crippen LogP contribution in [0.15, 0.2) is 34.2 Å². The molecule has 0 bridgehead atoms. The van der Waals surface area contributed by atoms with Crippen LogP contribution in [0, 0.1) is 6.92 Å². The van der Waals surface area contributed by atoms with Gasteiger partial charge in [0.15, 0.2) is 5.16 Å². The molecule has 28 heavy (non-hydrogen) atoms. The Labute approximate surface area is 171 Å². The molecule has 0 aliphatic heterocycles. The summed E-state index contributed by atoms with van der Waals surface area (Å²) in [5.41, 5.74) is 3.10. The first kappa shape index (κ1) is 17.9. The van der Waals surface area contributed by atoms with Crippen LogP contribution < -0.4 is 10.9 Å². The first-order valence-electron chi connectivity index (χ1n) is 9.66. The predicted molar refractivity (Wildman–Crippen MR) is 114 cm³/mol. The first-order chi connectivity index (χ1) is 13.6. The van der Waals surface area contributed by atoms with Crippen molar-refractivity contribution in [1.29, 1.82) is 0 Å². The van der Waals surface area contributed by atoms with Gasteiger partial charge in [-0.15, -0.1) is 11.3 Å². The molecular weight excluding hydrogens is 390 g/mol. The highest BCUT2D eigenvalue weighted by Crippen LogP contribution is 2.36. The van der Waals surface area contributed by atoms with Gasteiger partial charge in [-0.3, -0.25) is 14.2 Å². The lowest BCUT2D eigenvalue weighted by Gasteiger charge is -2.13. The lowest BCUT2D eigenvalue weighted by Crippen LogP contribution is -2.28. The van der Waals surface area contributed by atoms with Crippen LogP contribution in [0.25, 0.3) is 15.9 Å². The number of hydrogen-bond donors (Lipinski definition) is 1. The Hall–Kier alpha value is -2.12. The Morgan fingerprint density at radius 2 is 2.07 bits per heavy atom. The molecule has 2 aliphatic rings. The minimum Gasteiger partial charge on any atom is -0.353 e. The number of nitrogens with one attached hydrogen (secondary N) is 1. The fourth-order valence-corrected chi connectivity index (χ4v) is 5.80. The Morgan fingerprint density at radius 3 is 2.82 bits per heavy atom. The third-order valence-corrected chi connectivity index (χ3v) is 7.40. The van der Waals surface area contributed by atoms with Gasteiger partial charge in [-0.1, -0.05) is 29.5 Å². The van der Waals surface area contributed by atoms with Crippen molar-refractivity contribution in [1.82, 2.24) is 14.9 Å². The predicted octanol–water partition coefficient (Wildman–Crippen LogP) is 3.62. The van der Waals surface area contributed by atoms with Gasteiger partial charge in [-0.05, 0) is 56.7 Å². The van der Waals surface area contributed by atoms with Gasteiger partial charge >= 0.3 is 0 Å². The van der Waals surface area contributed by atoms with E-state index in [0.717, 1.165) is 53.6 Å². The van der Waals surface area contributed by atoms with Gasteiger partial charge in [0.05, 0.1) is 16.8 Å². The lowest BCUT2D eigenvalue weighted by molar-refractivity contribution is -0.118. The van der Waals surface area contributed by atoms with Gasteiger partial charge in [0.2, 0.25) is 5.91 Å². The summed E-state index contributed by atoms with van der Waals surface area (Å²) < 4.78 is 1.68. The van der Waals surface area contributed by atoms with Crippen molar-refractivity contribution in [3.05, 3.63) is 50.6 Å². The van der Waals surface area contributed by atoms with E-state index >= 15 is 0 Å². The number of amides is 1. The average molecular weight is 412 g/mol. The molecule has 1 aromatic carbocycles. The third kappa shape index (κ3) is 3.26. The van der Waals surface area contributed by atoms with Gasteiger partial charge in [-0.2, -0.15) is 0 Å². The Morgan fingerprint density at radius 1 is 1.29 bits per heavy atom. The number of carbonyl (C=O) groups excluding carboxylic acids is 1. The van der Waals surface area contributed by atoms with Crippen molar-refractivity contribution in [3.8, 4) is 5.69 Å². The van der Waals surface area contributed by atoms with Crippen LogP contribution >= 0.6 is 23.1 Å². The highest BCUT2D eigenvalue weighted by Gasteiger charge is 2.25. The number of hydrogen-bond acceptors (Lipinski definition) is 5. The summed E-state index contributed by atoms with van der Waals surface area (Å²) in [7, 11) is 0. The standard InChI is InChI=1S/C21H21N3O2S2/c1-12-5-9-14(10-6-12)24-20(26)18-15-3-2-4-16(15)28-19(18)23-21(24)27-11-17(25)22-13-7-8-13/h5-6,9-10,13H,2-4,7-8,11H2,1H3,(H,22,25). The SMILES string of the molecule is Cc1ccc(-n2c(SCC(=O)NC3CC3)nc3sc4c(c3c2=O)CCC4)cc1. The zero-order valence-corrected chi connectivity index (χ0v) is 17.3. The smallest absolute Gasteiger partial charge is 0.267 e. The Balaban J connectivity index is 1.60. The highest BCUT2D eigenvalue weighted by molar-refractivity contribution is 7.99. The molecule has 1 saturated carbocycles. The molecule has 2 aromatic heterocycles. The van der Waals surface area contributed by atoms with Gasteiger partial charge in [-0.25, -0.2) is 4.98 Å². The fourth-order valence-electron chi connectivity index (χ4n) is 3.67. The Kier molecular flexibility index (Phi) is 4.51. The second-order valence-corrected chi connectivity index (χ2v) is 9.56. The number of aryl methyl sites for hydroxylation is 3. The summed E-state index contributed by atoms with van der Waals surface area (Å²) in [6, 6.07) is 8.23. The van der Waals surface area contributed by atoms with Crippen molar-refractivity contribution in [2.45, 2.75) is 50.2 Å². The topological polar surface area (TPSA) is 64.0 Å². The van der Waals surface area contributed by atoms with E-state index in [-0.39, 0.29) is 17.2 Å². The molecule has 5 rings (SSSR count). The number of nitrogens with zero attached hydrogens (tertiary/aromatic N) is 2. The molecule has 3 aromatic rings. The number of carbonyl (C=O) groups is 1. The first-order valence-corrected chi connectivity index (χ1v) is 11.5. The van der Waals surface area contributed by atoms with Crippen molar-refractivity contribution < 1.29 is 4.79 Å². The monoisotopic (exact) mass is 411 g/mol. The van der Waals surface area contributed by atoms with E-state index in [1.54, 1.807) is 15.9 Å². The zero-order valence-electron chi connectivity index (χ0n) is 15.7. The maximum Gasteiger partial charge on any atom is 0.267 e. The van der Waals surface area contributed by atoms with E-state index in [1.165, 1.54) is 22.2 Å². The molecule has 1 fully saturated rings.